The van der Waals surface area contributed by atoms with Gasteiger partial charge in [-0.2, -0.15) is 0 Å². The first-order chi connectivity index (χ1) is 29.8. The van der Waals surface area contributed by atoms with Crippen LogP contribution < -0.4 is 0 Å². The second kappa shape index (κ2) is 12.2. The zero-order valence-corrected chi connectivity index (χ0v) is 34.7. The van der Waals surface area contributed by atoms with E-state index in [0.717, 1.165) is 11.2 Å². The molecule has 0 unspecified atom stereocenters. The van der Waals surface area contributed by atoms with Gasteiger partial charge in [0.05, 0.1) is 0 Å². The Hall–Kier alpha value is -7.22. The van der Waals surface area contributed by atoms with Gasteiger partial charge in [-0.3, -0.25) is 0 Å². The van der Waals surface area contributed by atoms with Crippen LogP contribution >= 0.6 is 0 Å². The predicted octanol–water partition coefficient (Wildman–Crippen LogP) is 16.7. The molecule has 1 heteroatoms. The van der Waals surface area contributed by atoms with E-state index in [1.165, 1.54) is 121 Å². The van der Waals surface area contributed by atoms with Gasteiger partial charge >= 0.3 is 0 Å². The van der Waals surface area contributed by atoms with Gasteiger partial charge in [0.25, 0.3) is 0 Å². The molecule has 1 nitrogen and oxygen atoms in total. The maximum atomic E-state index is 6.66. The van der Waals surface area contributed by atoms with Crippen molar-refractivity contribution in [2.24, 2.45) is 0 Å². The highest BCUT2D eigenvalue weighted by Gasteiger charge is 2.41. The molecule has 0 bridgehead atoms. The Morgan fingerprint density at radius 1 is 0.328 bits per heavy atom. The van der Waals surface area contributed by atoms with E-state index in [-0.39, 0.29) is 10.8 Å². The zero-order chi connectivity index (χ0) is 40.8. The number of hydrogen-bond donors (Lipinski definition) is 0. The molecule has 0 fully saturated rings. The molecule has 0 amide bonds. The summed E-state index contributed by atoms with van der Waals surface area (Å²) in [4.78, 5) is 0. The third-order valence-corrected chi connectivity index (χ3v) is 14.4. The number of rotatable bonds is 3. The molecule has 0 N–H and O–H groups in total. The number of fused-ring (bicyclic) bond motifs is 15. The summed E-state index contributed by atoms with van der Waals surface area (Å²) in [5.74, 6) is 0. The Labute approximate surface area is 355 Å². The lowest BCUT2D eigenvalue weighted by atomic mass is 9.79. The zero-order valence-electron chi connectivity index (χ0n) is 34.7. The highest BCUT2D eigenvalue weighted by atomic mass is 16.3. The fourth-order valence-corrected chi connectivity index (χ4v) is 11.6. The third-order valence-electron chi connectivity index (χ3n) is 14.4. The average Bonchev–Trinajstić information content (AvgIpc) is 3.87. The second-order valence-electron chi connectivity index (χ2n) is 18.3. The monoisotopic (exact) mass is 778 g/mol. The van der Waals surface area contributed by atoms with Crippen LogP contribution in [0.25, 0.3) is 110 Å². The van der Waals surface area contributed by atoms with Crippen LogP contribution in [0.2, 0.25) is 0 Å². The molecule has 1 aromatic heterocycles. The average molecular weight is 779 g/mol. The molecule has 0 atom stereocenters. The molecule has 0 radical (unpaired) electrons. The van der Waals surface area contributed by atoms with E-state index >= 15 is 0 Å². The van der Waals surface area contributed by atoms with Gasteiger partial charge in [-0.15, -0.1) is 0 Å². The van der Waals surface area contributed by atoms with Gasteiger partial charge in [-0.05, 0) is 129 Å². The van der Waals surface area contributed by atoms with E-state index in [2.05, 4.69) is 210 Å². The summed E-state index contributed by atoms with van der Waals surface area (Å²) < 4.78 is 6.66. The molecule has 13 rings (SSSR count). The highest BCUT2D eigenvalue weighted by molar-refractivity contribution is 6.24. The Bertz CT molecular complexity index is 3630. The van der Waals surface area contributed by atoms with Crippen LogP contribution in [-0.2, 0) is 10.8 Å². The van der Waals surface area contributed by atoms with E-state index in [1.54, 1.807) is 0 Å². The molecule has 0 spiro atoms. The summed E-state index contributed by atoms with van der Waals surface area (Å²) in [6.45, 7) is 9.57. The maximum absolute atomic E-state index is 6.66. The van der Waals surface area contributed by atoms with Gasteiger partial charge in [0.15, 0.2) is 0 Å². The summed E-state index contributed by atoms with van der Waals surface area (Å²) in [5, 5.41) is 9.99. The van der Waals surface area contributed by atoms with Crippen molar-refractivity contribution < 1.29 is 4.42 Å². The number of benzene rings is 10. The number of furan rings is 1. The van der Waals surface area contributed by atoms with Crippen LogP contribution in [0.15, 0.2) is 186 Å². The second-order valence-corrected chi connectivity index (χ2v) is 18.3. The van der Waals surface area contributed by atoms with Crippen LogP contribution in [0.5, 0.6) is 0 Å². The van der Waals surface area contributed by atoms with Crippen molar-refractivity contribution in [3.63, 3.8) is 0 Å². The normalized spacial score (nSPS) is 14.5. The van der Waals surface area contributed by atoms with Crippen molar-refractivity contribution >= 4 is 54.3 Å². The summed E-state index contributed by atoms with van der Waals surface area (Å²) >= 11 is 0. The van der Waals surface area contributed by atoms with E-state index in [4.69, 9.17) is 4.42 Å². The Kier molecular flexibility index (Phi) is 6.91. The lowest BCUT2D eigenvalue weighted by Crippen LogP contribution is -2.15. The summed E-state index contributed by atoms with van der Waals surface area (Å²) in [7, 11) is 0. The van der Waals surface area contributed by atoms with Crippen molar-refractivity contribution in [3.05, 3.63) is 204 Å². The number of para-hydroxylation sites is 1. The Morgan fingerprint density at radius 2 is 0.820 bits per heavy atom. The molecular formula is C60H42O. The molecule has 0 saturated heterocycles. The first-order valence-corrected chi connectivity index (χ1v) is 21.6. The summed E-state index contributed by atoms with van der Waals surface area (Å²) in [6.07, 6.45) is 0. The lowest BCUT2D eigenvalue weighted by molar-refractivity contribution is 0.659. The van der Waals surface area contributed by atoms with E-state index in [0.29, 0.717) is 0 Å². The molecule has 2 aliphatic carbocycles. The van der Waals surface area contributed by atoms with E-state index in [9.17, 15) is 0 Å². The summed E-state index contributed by atoms with van der Waals surface area (Å²) in [6, 6.07) is 67.8. The molecule has 0 aliphatic heterocycles. The minimum absolute atomic E-state index is 0.157. The number of hydrogen-bond acceptors (Lipinski definition) is 1. The molecule has 61 heavy (non-hydrogen) atoms. The topological polar surface area (TPSA) is 13.1 Å². The molecule has 0 saturated carbocycles. The van der Waals surface area contributed by atoms with Crippen molar-refractivity contribution in [3.8, 4) is 55.6 Å². The standard InChI is InChI=1S/C60H42O/c1-59(2)49-31-28-38(54-42-20-10-8-18-40(42)53(35-16-6-5-7-17-35)41-19-9-11-21-43(41)54)33-47(49)39-29-26-37(34-51(39)59)36-27-30-50-48(32-36)55-44-22-12-13-23-45(44)58-56(57(55)60(50,3)4)46-24-14-15-25-52(46)61-58/h5-34H,1-4H3. The molecule has 288 valence electrons. The van der Waals surface area contributed by atoms with Gasteiger partial charge in [-0.1, -0.05) is 185 Å². The Balaban J connectivity index is 0.973. The van der Waals surface area contributed by atoms with E-state index in [1.807, 2.05) is 0 Å². The third kappa shape index (κ3) is 4.61. The minimum Gasteiger partial charge on any atom is -0.455 e. The Morgan fingerprint density at radius 3 is 1.49 bits per heavy atom. The largest absolute Gasteiger partial charge is 0.455 e. The highest BCUT2D eigenvalue weighted by Crippen LogP contribution is 2.58. The van der Waals surface area contributed by atoms with Crippen LogP contribution in [0.1, 0.15) is 49.9 Å². The smallest absolute Gasteiger partial charge is 0.143 e. The van der Waals surface area contributed by atoms with Crippen molar-refractivity contribution in [2.75, 3.05) is 0 Å². The van der Waals surface area contributed by atoms with Crippen LogP contribution in [0, 0.1) is 0 Å². The van der Waals surface area contributed by atoms with Crippen LogP contribution in [0.3, 0.4) is 0 Å². The quantitative estimate of drug-likeness (QED) is 0.163. The van der Waals surface area contributed by atoms with Crippen molar-refractivity contribution in [1.29, 1.82) is 0 Å². The maximum Gasteiger partial charge on any atom is 0.143 e. The van der Waals surface area contributed by atoms with Gasteiger partial charge < -0.3 is 4.42 Å². The lowest BCUT2D eigenvalue weighted by Gasteiger charge is -2.23. The van der Waals surface area contributed by atoms with Crippen LogP contribution in [-0.4, -0.2) is 0 Å². The van der Waals surface area contributed by atoms with Crippen LogP contribution in [0.4, 0.5) is 0 Å². The van der Waals surface area contributed by atoms with Gasteiger partial charge in [0.1, 0.15) is 11.2 Å². The van der Waals surface area contributed by atoms with Crippen molar-refractivity contribution in [1.82, 2.24) is 0 Å². The van der Waals surface area contributed by atoms with Gasteiger partial charge in [0.2, 0.25) is 0 Å². The minimum atomic E-state index is -0.198. The van der Waals surface area contributed by atoms with Crippen molar-refractivity contribution in [2.45, 2.75) is 38.5 Å². The summed E-state index contributed by atoms with van der Waals surface area (Å²) in [5.41, 5.74) is 20.0. The first-order valence-electron chi connectivity index (χ1n) is 21.6. The molecule has 2 aliphatic rings. The van der Waals surface area contributed by atoms with Gasteiger partial charge in [0, 0.05) is 27.0 Å². The molecular weight excluding hydrogens is 737 g/mol. The molecule has 11 aromatic rings. The fourth-order valence-electron chi connectivity index (χ4n) is 11.6. The molecule has 10 aromatic carbocycles. The fraction of sp³-hybridized carbons (Fsp3) is 0.100. The van der Waals surface area contributed by atoms with E-state index < -0.39 is 0 Å². The first kappa shape index (κ1) is 34.6. The predicted molar refractivity (Wildman–Crippen MR) is 258 cm³/mol. The SMILES string of the molecule is CC1(C)c2ccc(-c3c4ccccc4c(-c4ccccc4)c4ccccc34)cc2-c2ccc(-c3ccc4c(c3)-c3c(c5c6ccccc6oc5c5ccccc35)C4(C)C)cc21. The van der Waals surface area contributed by atoms with Gasteiger partial charge in [-0.25, -0.2) is 0 Å². The molecule has 1 heterocycles.